The molecule has 0 fully saturated rings. The van der Waals surface area contributed by atoms with E-state index in [0.717, 1.165) is 16.7 Å². The van der Waals surface area contributed by atoms with E-state index in [9.17, 15) is 0 Å². The monoisotopic (exact) mass is 296 g/mol. The normalized spacial score (nSPS) is 10.5. The molecule has 1 heterocycles. The summed E-state index contributed by atoms with van der Waals surface area (Å²) in [5.41, 5.74) is 2.85. The van der Waals surface area contributed by atoms with Crippen molar-refractivity contribution < 1.29 is 14.0 Å². The van der Waals surface area contributed by atoms with Gasteiger partial charge >= 0.3 is 0 Å². The molecule has 0 unspecified atom stereocenters. The molecule has 0 saturated carbocycles. The fourth-order valence-electron chi connectivity index (χ4n) is 2.21. The van der Waals surface area contributed by atoms with Crippen molar-refractivity contribution in [1.82, 2.24) is 10.1 Å². The first kappa shape index (κ1) is 14.1. The summed E-state index contributed by atoms with van der Waals surface area (Å²) in [5.74, 6) is 2.29. The van der Waals surface area contributed by atoms with Crippen molar-refractivity contribution in [1.29, 1.82) is 0 Å². The number of aromatic nitrogens is 2. The van der Waals surface area contributed by atoms with Crippen LogP contribution in [0.1, 0.15) is 5.56 Å². The first-order chi connectivity index (χ1) is 10.7. The van der Waals surface area contributed by atoms with Crippen LogP contribution in [0.3, 0.4) is 0 Å². The SMILES string of the molecule is COc1ccc(-c2noc(-c3cccc(C)c3)n2)cc1OC. The zero-order valence-corrected chi connectivity index (χ0v) is 12.7. The van der Waals surface area contributed by atoms with E-state index in [1.54, 1.807) is 14.2 Å². The number of ether oxygens (including phenoxy) is 2. The van der Waals surface area contributed by atoms with Crippen LogP contribution >= 0.6 is 0 Å². The number of nitrogens with zero attached hydrogens (tertiary/aromatic N) is 2. The number of hydrogen-bond acceptors (Lipinski definition) is 5. The Kier molecular flexibility index (Phi) is 3.78. The summed E-state index contributed by atoms with van der Waals surface area (Å²) < 4.78 is 15.9. The van der Waals surface area contributed by atoms with Crippen LogP contribution in [0.15, 0.2) is 47.0 Å². The Bertz CT molecular complexity index is 796. The van der Waals surface area contributed by atoms with Crippen LogP contribution in [0.4, 0.5) is 0 Å². The molecule has 2 aromatic carbocycles. The third-order valence-electron chi connectivity index (χ3n) is 3.33. The van der Waals surface area contributed by atoms with Crippen LogP contribution in [-0.4, -0.2) is 24.4 Å². The molecule has 22 heavy (non-hydrogen) atoms. The molecule has 0 radical (unpaired) electrons. The van der Waals surface area contributed by atoms with Crippen molar-refractivity contribution in [3.63, 3.8) is 0 Å². The molecule has 0 atom stereocenters. The molecule has 0 N–H and O–H groups in total. The molecule has 5 nitrogen and oxygen atoms in total. The quantitative estimate of drug-likeness (QED) is 0.734. The average molecular weight is 296 g/mol. The Morgan fingerprint density at radius 1 is 0.909 bits per heavy atom. The molecule has 3 aromatic rings. The van der Waals surface area contributed by atoms with Crippen LogP contribution in [0.25, 0.3) is 22.8 Å². The Morgan fingerprint density at radius 3 is 2.45 bits per heavy atom. The van der Waals surface area contributed by atoms with Gasteiger partial charge in [-0.25, -0.2) is 0 Å². The highest BCUT2D eigenvalue weighted by Gasteiger charge is 2.13. The molecule has 0 aliphatic carbocycles. The van der Waals surface area contributed by atoms with Gasteiger partial charge in [-0.3, -0.25) is 0 Å². The molecular weight excluding hydrogens is 280 g/mol. The van der Waals surface area contributed by atoms with Gasteiger partial charge in [-0.1, -0.05) is 22.9 Å². The summed E-state index contributed by atoms with van der Waals surface area (Å²) in [4.78, 5) is 4.45. The standard InChI is InChI=1S/C17H16N2O3/c1-11-5-4-6-13(9-11)17-18-16(19-22-17)12-7-8-14(20-2)15(10-12)21-3/h4-10H,1-3H3. The summed E-state index contributed by atoms with van der Waals surface area (Å²) in [6, 6.07) is 13.4. The second-order valence-corrected chi connectivity index (χ2v) is 4.86. The highest BCUT2D eigenvalue weighted by atomic mass is 16.5. The summed E-state index contributed by atoms with van der Waals surface area (Å²) >= 11 is 0. The minimum atomic E-state index is 0.494. The van der Waals surface area contributed by atoms with Crippen LogP contribution in [-0.2, 0) is 0 Å². The maximum Gasteiger partial charge on any atom is 0.258 e. The summed E-state index contributed by atoms with van der Waals surface area (Å²) in [5, 5.41) is 4.04. The van der Waals surface area contributed by atoms with Gasteiger partial charge in [0, 0.05) is 11.1 Å². The smallest absolute Gasteiger partial charge is 0.258 e. The predicted octanol–water partition coefficient (Wildman–Crippen LogP) is 3.73. The number of benzene rings is 2. The Hall–Kier alpha value is -2.82. The van der Waals surface area contributed by atoms with Gasteiger partial charge in [0.25, 0.3) is 5.89 Å². The molecule has 0 spiro atoms. The van der Waals surface area contributed by atoms with Crippen LogP contribution in [0, 0.1) is 6.92 Å². The van der Waals surface area contributed by atoms with Crippen molar-refractivity contribution >= 4 is 0 Å². The van der Waals surface area contributed by atoms with Crippen molar-refractivity contribution in [2.45, 2.75) is 6.92 Å². The molecule has 5 heteroatoms. The summed E-state index contributed by atoms with van der Waals surface area (Å²) in [7, 11) is 3.19. The Balaban J connectivity index is 1.97. The third-order valence-corrected chi connectivity index (χ3v) is 3.33. The topological polar surface area (TPSA) is 57.4 Å². The van der Waals surface area contributed by atoms with Gasteiger partial charge in [0.15, 0.2) is 11.5 Å². The fraction of sp³-hybridized carbons (Fsp3) is 0.176. The zero-order valence-electron chi connectivity index (χ0n) is 12.7. The molecule has 0 amide bonds. The second kappa shape index (κ2) is 5.89. The first-order valence-corrected chi connectivity index (χ1v) is 6.84. The molecule has 3 rings (SSSR count). The van der Waals surface area contributed by atoms with E-state index in [-0.39, 0.29) is 0 Å². The largest absolute Gasteiger partial charge is 0.493 e. The molecule has 0 aliphatic heterocycles. The third kappa shape index (κ3) is 2.65. The summed E-state index contributed by atoms with van der Waals surface area (Å²) in [6.45, 7) is 2.02. The number of hydrogen-bond donors (Lipinski definition) is 0. The van der Waals surface area contributed by atoms with Crippen molar-refractivity contribution in [3.8, 4) is 34.3 Å². The number of methoxy groups -OCH3 is 2. The van der Waals surface area contributed by atoms with Crippen molar-refractivity contribution in [2.75, 3.05) is 14.2 Å². The molecule has 0 saturated heterocycles. The van der Waals surface area contributed by atoms with E-state index >= 15 is 0 Å². The Labute approximate surface area is 128 Å². The van der Waals surface area contributed by atoms with Gasteiger partial charge in [0.05, 0.1) is 14.2 Å². The lowest BCUT2D eigenvalue weighted by atomic mass is 10.1. The highest BCUT2D eigenvalue weighted by molar-refractivity contribution is 5.63. The van der Waals surface area contributed by atoms with E-state index in [1.807, 2.05) is 49.4 Å². The molecule has 0 aliphatic rings. The second-order valence-electron chi connectivity index (χ2n) is 4.86. The Morgan fingerprint density at radius 2 is 1.73 bits per heavy atom. The van der Waals surface area contributed by atoms with Gasteiger partial charge in [0.2, 0.25) is 5.82 Å². The van der Waals surface area contributed by atoms with Gasteiger partial charge in [-0.15, -0.1) is 0 Å². The lowest BCUT2D eigenvalue weighted by Crippen LogP contribution is -1.91. The van der Waals surface area contributed by atoms with Gasteiger partial charge in [-0.05, 0) is 37.3 Å². The van der Waals surface area contributed by atoms with Gasteiger partial charge < -0.3 is 14.0 Å². The lowest BCUT2D eigenvalue weighted by molar-refractivity contribution is 0.355. The van der Waals surface area contributed by atoms with E-state index in [1.165, 1.54) is 0 Å². The first-order valence-electron chi connectivity index (χ1n) is 6.84. The predicted molar refractivity (Wildman–Crippen MR) is 83.0 cm³/mol. The minimum absolute atomic E-state index is 0.494. The number of rotatable bonds is 4. The minimum Gasteiger partial charge on any atom is -0.493 e. The highest BCUT2D eigenvalue weighted by Crippen LogP contribution is 2.32. The average Bonchev–Trinajstić information content (AvgIpc) is 3.04. The maximum atomic E-state index is 5.36. The number of aryl methyl sites for hydroxylation is 1. The molecule has 1 aromatic heterocycles. The maximum absolute atomic E-state index is 5.36. The van der Waals surface area contributed by atoms with Crippen LogP contribution in [0.5, 0.6) is 11.5 Å². The summed E-state index contributed by atoms with van der Waals surface area (Å²) in [6.07, 6.45) is 0. The van der Waals surface area contributed by atoms with Gasteiger partial charge in [0.1, 0.15) is 0 Å². The van der Waals surface area contributed by atoms with Crippen molar-refractivity contribution in [3.05, 3.63) is 48.0 Å². The van der Waals surface area contributed by atoms with Gasteiger partial charge in [-0.2, -0.15) is 4.98 Å². The van der Waals surface area contributed by atoms with Crippen molar-refractivity contribution in [2.24, 2.45) is 0 Å². The van der Waals surface area contributed by atoms with Crippen LogP contribution < -0.4 is 9.47 Å². The van der Waals surface area contributed by atoms with E-state index < -0.39 is 0 Å². The zero-order chi connectivity index (χ0) is 15.5. The molecule has 112 valence electrons. The van der Waals surface area contributed by atoms with E-state index in [2.05, 4.69) is 10.1 Å². The molecular formula is C17H16N2O3. The van der Waals surface area contributed by atoms with Crippen LogP contribution in [0.2, 0.25) is 0 Å². The van der Waals surface area contributed by atoms with E-state index in [0.29, 0.717) is 23.2 Å². The van der Waals surface area contributed by atoms with E-state index in [4.69, 9.17) is 14.0 Å². The fourth-order valence-corrected chi connectivity index (χ4v) is 2.21. The molecule has 0 bridgehead atoms. The lowest BCUT2D eigenvalue weighted by Gasteiger charge is -2.07.